The summed E-state index contributed by atoms with van der Waals surface area (Å²) in [6.07, 6.45) is 15.4. The molecule has 4 unspecified atom stereocenters. The maximum absolute atomic E-state index is 13.7. The zero-order valence-corrected chi connectivity index (χ0v) is 67.9. The Kier molecular flexibility index (Phi) is 18.3. The number of halogens is 4. The van der Waals surface area contributed by atoms with Gasteiger partial charge in [-0.05, 0) is 212 Å². The summed E-state index contributed by atoms with van der Waals surface area (Å²) in [7, 11) is 0. The van der Waals surface area contributed by atoms with Crippen molar-refractivity contribution in [3.05, 3.63) is 343 Å². The standard InChI is InChI=1S/2C23H20ClN3O4.2C21H18ClN3O4/c24-14-3-5-15(6-4-14)26-21(29)25-12-9-18-20(27(25)22(26)30)17-8-7-16(28)13-19(17)31-23(18)10-1-2-11-23;24-17-5-1-2-6-18(17)26-21(29)25-12-9-16-20(27(25)22(26)30)15-8-7-14(28)13-19(15)31-23(16)10-3-4-11-23;1-21(2)16-9-10-23-19(27)24(13-5-3-12(22)4-6-13)20(28)25(23)18(16)15-8-7-14(26)11-17(15)29-21;1-21(2)14-9-10-23-19(27)24(16-6-4-3-5-15(16)22)20(28)25(23)18(14)13-8-7-12(26)11-17(13)29-21/h3-9,13,20,28H,1-2,10-12H2;1-2,5-9,13,20,28H,3-4,10-12H2;2*3-9,11,18,26H,10H2,1-2H3. The van der Waals surface area contributed by atoms with Crippen LogP contribution in [0.15, 0.2) is 255 Å². The molecule has 2 aliphatic carbocycles. The van der Waals surface area contributed by atoms with Gasteiger partial charge < -0.3 is 39.4 Å². The highest BCUT2D eigenvalue weighted by Gasteiger charge is 2.53. The molecule has 4 N–H and O–H groups in total. The number of hydrogen-bond acceptors (Lipinski definition) is 16. The Morgan fingerprint density at radius 1 is 0.317 bits per heavy atom. The first-order valence-corrected chi connectivity index (χ1v) is 40.8. The number of phenolic OH excluding ortho intramolecular Hbond substituents is 4. The van der Waals surface area contributed by atoms with Gasteiger partial charge in [-0.2, -0.15) is 0 Å². The molecule has 10 aliphatic rings. The molecule has 8 aromatic carbocycles. The Bertz CT molecular complexity index is 7000. The minimum atomic E-state index is -0.710. The highest BCUT2D eigenvalue weighted by molar-refractivity contribution is 6.33. The molecule has 2 saturated carbocycles. The molecule has 8 aliphatic heterocycles. The minimum Gasteiger partial charge on any atom is -0.508 e. The lowest BCUT2D eigenvalue weighted by Crippen LogP contribution is -2.48. The summed E-state index contributed by atoms with van der Waals surface area (Å²) in [5.74, 6) is 2.46. The first-order chi connectivity index (χ1) is 57.6. The van der Waals surface area contributed by atoms with Gasteiger partial charge in [0.2, 0.25) is 0 Å². The second-order valence-electron chi connectivity index (χ2n) is 32.1. The van der Waals surface area contributed by atoms with Gasteiger partial charge in [-0.1, -0.05) is 95.0 Å². The first-order valence-electron chi connectivity index (χ1n) is 39.2. The van der Waals surface area contributed by atoms with E-state index in [2.05, 4.69) is 0 Å². The normalized spacial score (nSPS) is 19.7. The van der Waals surface area contributed by atoms with Gasteiger partial charge >= 0.3 is 45.5 Å². The number of benzene rings is 8. The Labute approximate surface area is 700 Å². The molecular weight excluding hydrogens is 1620 g/mol. The Balaban J connectivity index is 0.000000106. The number of aromatic nitrogens is 12. The molecule has 0 radical (unpaired) electrons. The third-order valence-electron chi connectivity index (χ3n) is 24.5. The zero-order valence-electron chi connectivity index (χ0n) is 64.8. The lowest BCUT2D eigenvalue weighted by atomic mass is 9.79. The summed E-state index contributed by atoms with van der Waals surface area (Å²) in [6.45, 7) is 8.74. The largest absolute Gasteiger partial charge is 0.508 e. The molecule has 32 heteroatoms. The predicted octanol–water partition coefficient (Wildman–Crippen LogP) is 12.5. The second kappa shape index (κ2) is 28.5. The number of aromatic hydroxyl groups is 4. The fourth-order valence-corrected chi connectivity index (χ4v) is 19.8. The van der Waals surface area contributed by atoms with E-state index >= 15 is 0 Å². The van der Waals surface area contributed by atoms with Gasteiger partial charge in [0.15, 0.2) is 0 Å². The number of hydrogen-bond donors (Lipinski definition) is 4. The minimum absolute atomic E-state index is 0.0705. The molecule has 0 amide bonds. The van der Waals surface area contributed by atoms with Crippen LogP contribution in [0.5, 0.6) is 46.0 Å². The molecule has 28 nitrogen and oxygen atoms in total. The summed E-state index contributed by atoms with van der Waals surface area (Å²) >= 11 is 24.5. The van der Waals surface area contributed by atoms with Crippen LogP contribution in [-0.4, -0.2) is 98.6 Å². The van der Waals surface area contributed by atoms with E-state index < -0.39 is 92.1 Å². The molecule has 0 bridgehead atoms. The van der Waals surface area contributed by atoms with Crippen LogP contribution < -0.4 is 64.5 Å². The summed E-state index contributed by atoms with van der Waals surface area (Å²) in [4.78, 5) is 107. The van der Waals surface area contributed by atoms with Crippen LogP contribution in [0.25, 0.3) is 22.7 Å². The molecule has 0 saturated heterocycles. The number of allylic oxidation sites excluding steroid dienone is 4. The van der Waals surface area contributed by atoms with Gasteiger partial charge in [-0.25, -0.2) is 94.1 Å². The van der Waals surface area contributed by atoms with Crippen molar-refractivity contribution in [1.29, 1.82) is 0 Å². The fraction of sp³-hybridized carbons (Fsp3) is 0.273. The van der Waals surface area contributed by atoms with Crippen molar-refractivity contribution in [2.24, 2.45) is 0 Å². The summed E-state index contributed by atoms with van der Waals surface area (Å²) in [6, 6.07) is 44.4. The van der Waals surface area contributed by atoms with E-state index in [0.717, 1.165) is 104 Å². The molecule has 12 aromatic rings. The lowest BCUT2D eigenvalue weighted by Gasteiger charge is -2.44. The monoisotopic (exact) mass is 1700 g/mol. The van der Waals surface area contributed by atoms with Gasteiger partial charge in [0, 0.05) is 67.7 Å². The van der Waals surface area contributed by atoms with Gasteiger partial charge in [0.25, 0.3) is 0 Å². The van der Waals surface area contributed by atoms with Crippen molar-refractivity contribution < 1.29 is 39.4 Å². The molecule has 2 fully saturated rings. The highest BCUT2D eigenvalue weighted by atomic mass is 35.5. The van der Waals surface area contributed by atoms with E-state index in [-0.39, 0.29) is 42.6 Å². The third-order valence-corrected chi connectivity index (χ3v) is 25.6. The maximum Gasteiger partial charge on any atom is 0.352 e. The summed E-state index contributed by atoms with van der Waals surface area (Å²) in [5, 5.41) is 41.6. The van der Waals surface area contributed by atoms with E-state index in [4.69, 9.17) is 65.4 Å². The molecule has 612 valence electrons. The number of fused-ring (bicyclic) bond motifs is 22. The number of rotatable bonds is 4. The van der Waals surface area contributed by atoms with Crippen LogP contribution in [0.3, 0.4) is 0 Å². The SMILES string of the molecule is CC1(C)Oc2cc(O)ccc2C2C1=CCn1c(=O)n(-c3ccc(Cl)cc3)c(=O)n12.CC1(C)Oc2cc(O)ccc2C2C1=CCn1c(=O)n(-c3ccccc3Cl)c(=O)n12.O=c1n(-c2ccc(Cl)cc2)c(=O)n2n1CC=C1C2c2ccc(O)cc2OC12CCCC2.O=c1n(-c2ccccc2Cl)c(=O)n2n1CC=C1C2c2ccc(O)cc2OC12CCCC2. The van der Waals surface area contributed by atoms with E-state index in [1.54, 1.807) is 162 Å². The van der Waals surface area contributed by atoms with E-state index in [1.165, 1.54) is 49.5 Å². The Morgan fingerprint density at radius 3 is 0.892 bits per heavy atom. The number of nitrogens with zero attached hydrogens (tertiary/aromatic N) is 12. The molecule has 12 heterocycles. The van der Waals surface area contributed by atoms with Crippen LogP contribution in [0.2, 0.25) is 20.1 Å². The van der Waals surface area contributed by atoms with Crippen molar-refractivity contribution in [3.8, 4) is 68.7 Å². The summed E-state index contributed by atoms with van der Waals surface area (Å²) in [5.41, 5.74) is 2.52. The van der Waals surface area contributed by atoms with Gasteiger partial charge in [0.1, 0.15) is 92.6 Å². The summed E-state index contributed by atoms with van der Waals surface area (Å²) < 4.78 is 41.5. The van der Waals surface area contributed by atoms with Crippen molar-refractivity contribution in [1.82, 2.24) is 55.7 Å². The molecule has 2 spiro atoms. The number of para-hydroxylation sites is 2. The molecule has 4 aromatic heterocycles. The smallest absolute Gasteiger partial charge is 0.352 e. The molecule has 22 rings (SSSR count). The van der Waals surface area contributed by atoms with E-state index in [0.29, 0.717) is 77.9 Å². The average molecular weight is 1700 g/mol. The van der Waals surface area contributed by atoms with Crippen molar-refractivity contribution >= 4 is 46.4 Å². The van der Waals surface area contributed by atoms with Crippen molar-refractivity contribution in [2.45, 2.75) is 152 Å². The third kappa shape index (κ3) is 12.1. The number of ether oxygens (including phenoxy) is 4. The van der Waals surface area contributed by atoms with Crippen molar-refractivity contribution in [2.75, 3.05) is 0 Å². The van der Waals surface area contributed by atoms with Crippen LogP contribution in [-0.2, 0) is 26.2 Å². The quantitative estimate of drug-likeness (QED) is 0.119. The van der Waals surface area contributed by atoms with Crippen molar-refractivity contribution in [3.63, 3.8) is 0 Å². The lowest BCUT2D eigenvalue weighted by molar-refractivity contribution is 0.0828. The van der Waals surface area contributed by atoms with Gasteiger partial charge in [-0.3, -0.25) is 0 Å². The predicted molar refractivity (Wildman–Crippen MR) is 448 cm³/mol. The second-order valence-corrected chi connectivity index (χ2v) is 33.8. The fourth-order valence-electron chi connectivity index (χ4n) is 19.1. The topological polar surface area (TPSA) is 314 Å². The van der Waals surface area contributed by atoms with Crippen LogP contribution in [0.1, 0.15) is 125 Å². The van der Waals surface area contributed by atoms with E-state index in [1.807, 2.05) is 52.0 Å². The Hall–Kier alpha value is -12.8. The van der Waals surface area contributed by atoms with Crippen LogP contribution in [0.4, 0.5) is 0 Å². The van der Waals surface area contributed by atoms with Crippen LogP contribution in [0, 0.1) is 0 Å². The van der Waals surface area contributed by atoms with E-state index in [9.17, 15) is 58.8 Å². The van der Waals surface area contributed by atoms with Gasteiger partial charge in [-0.15, -0.1) is 0 Å². The molecule has 120 heavy (non-hydrogen) atoms. The zero-order chi connectivity index (χ0) is 83.7. The Morgan fingerprint density at radius 2 is 0.583 bits per heavy atom. The molecule has 4 atom stereocenters. The first kappa shape index (κ1) is 77.2. The van der Waals surface area contributed by atoms with Gasteiger partial charge in [0.05, 0.1) is 59.0 Å². The average Bonchev–Trinajstić information content (AvgIpc) is 1.49. The number of phenols is 4. The molecular formula is C88H76Cl4N12O16. The highest BCUT2D eigenvalue weighted by Crippen LogP contribution is 2.56. The maximum atomic E-state index is 13.7. The van der Waals surface area contributed by atoms with Crippen LogP contribution >= 0.6 is 46.4 Å².